The lowest BCUT2D eigenvalue weighted by molar-refractivity contribution is 0.0921. The average Bonchev–Trinajstić information content (AvgIpc) is 2.95. The molecule has 1 amide bonds. The highest BCUT2D eigenvalue weighted by molar-refractivity contribution is 6.35. The summed E-state index contributed by atoms with van der Waals surface area (Å²) in [6, 6.07) is 8.32. The van der Waals surface area contributed by atoms with Crippen molar-refractivity contribution in [2.75, 3.05) is 6.54 Å². The fraction of sp³-hybridized carbons (Fsp3) is 0.312. The van der Waals surface area contributed by atoms with Crippen LogP contribution in [0.3, 0.4) is 0 Å². The Hall–Kier alpha value is -1.65. The molecule has 2 aromatic rings. The van der Waals surface area contributed by atoms with Gasteiger partial charge in [0, 0.05) is 11.6 Å². The van der Waals surface area contributed by atoms with Gasteiger partial charge in [0.2, 0.25) is 0 Å². The predicted octanol–water partition coefficient (Wildman–Crippen LogP) is 4.70. The molecule has 0 unspecified atom stereocenters. The molecule has 1 heterocycles. The van der Waals surface area contributed by atoms with E-state index in [-0.39, 0.29) is 18.3 Å². The zero-order valence-corrected chi connectivity index (χ0v) is 13.7. The molecule has 118 valence electrons. The molecular weight excluding hydrogens is 325 g/mol. The van der Waals surface area contributed by atoms with Crippen molar-refractivity contribution in [1.29, 1.82) is 0 Å². The minimum absolute atomic E-state index is 0.184. The van der Waals surface area contributed by atoms with Crippen molar-refractivity contribution >= 4 is 29.1 Å². The van der Waals surface area contributed by atoms with Gasteiger partial charge in [0.25, 0.3) is 5.91 Å². The van der Waals surface area contributed by atoms with Crippen LogP contribution < -0.4 is 10.1 Å². The maximum absolute atomic E-state index is 11.8. The molecule has 0 aliphatic rings. The Balaban J connectivity index is 1.90. The molecule has 0 bridgehead atoms. The summed E-state index contributed by atoms with van der Waals surface area (Å²) in [7, 11) is 0. The van der Waals surface area contributed by atoms with Gasteiger partial charge in [-0.15, -0.1) is 0 Å². The Morgan fingerprint density at radius 3 is 2.82 bits per heavy atom. The molecule has 1 aromatic heterocycles. The lowest BCUT2D eigenvalue weighted by Gasteiger charge is -2.06. The number of carbonyl (C=O) groups is 1. The Kier molecular flexibility index (Phi) is 6.16. The third kappa shape index (κ3) is 4.68. The molecule has 22 heavy (non-hydrogen) atoms. The quantitative estimate of drug-likeness (QED) is 0.743. The van der Waals surface area contributed by atoms with E-state index in [2.05, 4.69) is 12.2 Å². The Morgan fingerprint density at radius 1 is 1.27 bits per heavy atom. The van der Waals surface area contributed by atoms with Crippen LogP contribution in [0, 0.1) is 0 Å². The van der Waals surface area contributed by atoms with E-state index in [0.29, 0.717) is 28.1 Å². The van der Waals surface area contributed by atoms with E-state index < -0.39 is 0 Å². The van der Waals surface area contributed by atoms with Crippen LogP contribution in [0.15, 0.2) is 34.7 Å². The van der Waals surface area contributed by atoms with Gasteiger partial charge in [0.05, 0.1) is 5.02 Å². The third-order valence-electron chi connectivity index (χ3n) is 2.97. The van der Waals surface area contributed by atoms with Crippen molar-refractivity contribution < 1.29 is 13.9 Å². The summed E-state index contributed by atoms with van der Waals surface area (Å²) in [6.45, 7) is 2.89. The molecule has 0 radical (unpaired) electrons. The highest BCUT2D eigenvalue weighted by Gasteiger charge is 2.11. The first-order chi connectivity index (χ1) is 10.6. The standard InChI is InChI=1S/C16H17Cl2NO3/c1-2-3-8-19-16(20)15-7-5-12(22-15)10-21-14-6-4-11(17)9-13(14)18/h4-7,9H,2-3,8,10H2,1H3,(H,19,20). The van der Waals surface area contributed by atoms with Gasteiger partial charge in [0.15, 0.2) is 5.76 Å². The van der Waals surface area contributed by atoms with Crippen LogP contribution in [0.5, 0.6) is 5.75 Å². The molecule has 6 heteroatoms. The summed E-state index contributed by atoms with van der Waals surface area (Å²) in [5.74, 6) is 1.12. The Morgan fingerprint density at radius 2 is 2.09 bits per heavy atom. The van der Waals surface area contributed by atoms with Crippen molar-refractivity contribution in [2.45, 2.75) is 26.4 Å². The van der Waals surface area contributed by atoms with Crippen LogP contribution in [-0.4, -0.2) is 12.5 Å². The molecule has 1 aromatic carbocycles. The van der Waals surface area contributed by atoms with Crippen molar-refractivity contribution in [2.24, 2.45) is 0 Å². The lowest BCUT2D eigenvalue weighted by Crippen LogP contribution is -2.23. The number of ether oxygens (including phenoxy) is 1. The van der Waals surface area contributed by atoms with Gasteiger partial charge in [-0.05, 0) is 36.8 Å². The molecule has 0 fully saturated rings. The van der Waals surface area contributed by atoms with E-state index in [9.17, 15) is 4.79 Å². The molecule has 0 saturated carbocycles. The third-order valence-corrected chi connectivity index (χ3v) is 3.50. The molecule has 0 aliphatic heterocycles. The smallest absolute Gasteiger partial charge is 0.286 e. The monoisotopic (exact) mass is 341 g/mol. The van der Waals surface area contributed by atoms with Crippen LogP contribution in [0.25, 0.3) is 0 Å². The number of nitrogens with one attached hydrogen (secondary N) is 1. The van der Waals surface area contributed by atoms with Gasteiger partial charge in [-0.3, -0.25) is 4.79 Å². The van der Waals surface area contributed by atoms with Gasteiger partial charge in [-0.1, -0.05) is 36.5 Å². The first kappa shape index (κ1) is 16.7. The topological polar surface area (TPSA) is 51.5 Å². The van der Waals surface area contributed by atoms with E-state index >= 15 is 0 Å². The van der Waals surface area contributed by atoms with E-state index in [4.69, 9.17) is 32.4 Å². The molecule has 0 saturated heterocycles. The second kappa shape index (κ2) is 8.11. The molecule has 4 nitrogen and oxygen atoms in total. The number of carbonyl (C=O) groups excluding carboxylic acids is 1. The lowest BCUT2D eigenvalue weighted by atomic mass is 10.3. The molecule has 1 N–H and O–H groups in total. The first-order valence-electron chi connectivity index (χ1n) is 7.05. The number of unbranched alkanes of at least 4 members (excludes halogenated alkanes) is 1. The second-order valence-electron chi connectivity index (χ2n) is 4.74. The number of furan rings is 1. The van der Waals surface area contributed by atoms with Crippen LogP contribution in [-0.2, 0) is 6.61 Å². The average molecular weight is 342 g/mol. The number of hydrogen-bond acceptors (Lipinski definition) is 3. The minimum atomic E-state index is -0.218. The summed E-state index contributed by atoms with van der Waals surface area (Å²) in [5, 5.41) is 3.76. The van der Waals surface area contributed by atoms with E-state index in [0.717, 1.165) is 12.8 Å². The van der Waals surface area contributed by atoms with Crippen LogP contribution >= 0.6 is 23.2 Å². The SMILES string of the molecule is CCCCNC(=O)c1ccc(COc2ccc(Cl)cc2Cl)o1. The van der Waals surface area contributed by atoms with Gasteiger partial charge >= 0.3 is 0 Å². The van der Waals surface area contributed by atoms with Crippen molar-refractivity contribution in [3.8, 4) is 5.75 Å². The summed E-state index contributed by atoms with van der Waals surface area (Å²) in [5.41, 5.74) is 0. The maximum atomic E-state index is 11.8. The highest BCUT2D eigenvalue weighted by atomic mass is 35.5. The van der Waals surface area contributed by atoms with Gasteiger partial charge in [0.1, 0.15) is 18.1 Å². The van der Waals surface area contributed by atoms with E-state index in [1.54, 1.807) is 30.3 Å². The highest BCUT2D eigenvalue weighted by Crippen LogP contribution is 2.28. The fourth-order valence-electron chi connectivity index (χ4n) is 1.78. The summed E-state index contributed by atoms with van der Waals surface area (Å²) >= 11 is 11.8. The number of amides is 1. The van der Waals surface area contributed by atoms with E-state index in [1.807, 2.05) is 0 Å². The summed E-state index contributed by atoms with van der Waals surface area (Å²) in [4.78, 5) is 11.8. The zero-order valence-electron chi connectivity index (χ0n) is 12.2. The molecule has 0 atom stereocenters. The summed E-state index contributed by atoms with van der Waals surface area (Å²) < 4.78 is 11.0. The largest absolute Gasteiger partial charge is 0.484 e. The van der Waals surface area contributed by atoms with Gasteiger partial charge < -0.3 is 14.5 Å². The number of hydrogen-bond donors (Lipinski definition) is 1. The molecular formula is C16H17Cl2NO3. The van der Waals surface area contributed by atoms with Crippen molar-refractivity contribution in [1.82, 2.24) is 5.32 Å². The van der Waals surface area contributed by atoms with Crippen molar-refractivity contribution in [3.63, 3.8) is 0 Å². The zero-order chi connectivity index (χ0) is 15.9. The van der Waals surface area contributed by atoms with Crippen LogP contribution in [0.4, 0.5) is 0 Å². The second-order valence-corrected chi connectivity index (χ2v) is 5.58. The number of benzene rings is 1. The van der Waals surface area contributed by atoms with E-state index in [1.165, 1.54) is 0 Å². The molecule has 0 aliphatic carbocycles. The fourth-order valence-corrected chi connectivity index (χ4v) is 2.25. The molecule has 0 spiro atoms. The normalized spacial score (nSPS) is 10.5. The minimum Gasteiger partial charge on any atom is -0.484 e. The van der Waals surface area contributed by atoms with Gasteiger partial charge in [-0.25, -0.2) is 0 Å². The van der Waals surface area contributed by atoms with Crippen LogP contribution in [0.1, 0.15) is 36.1 Å². The summed E-state index contributed by atoms with van der Waals surface area (Å²) in [6.07, 6.45) is 1.97. The van der Waals surface area contributed by atoms with Crippen molar-refractivity contribution in [3.05, 3.63) is 51.9 Å². The Bertz CT molecular complexity index is 640. The predicted molar refractivity (Wildman–Crippen MR) is 86.7 cm³/mol. The maximum Gasteiger partial charge on any atom is 0.286 e. The van der Waals surface area contributed by atoms with Gasteiger partial charge in [-0.2, -0.15) is 0 Å². The Labute approximate surface area is 139 Å². The van der Waals surface area contributed by atoms with Crippen LogP contribution in [0.2, 0.25) is 10.0 Å². The molecule has 2 rings (SSSR count). The first-order valence-corrected chi connectivity index (χ1v) is 7.80. The number of rotatable bonds is 7. The number of halogens is 2.